The third kappa shape index (κ3) is 1.70. The standard InChI is InChI=1S/C10H8BrClN2/c1-7-2-4-8(5-3-7)14-10(12)9(11)6-13-14/h2-6H,1H3. The maximum atomic E-state index is 6.04. The SMILES string of the molecule is Cc1ccc(-n2ncc(Br)c2Cl)cc1. The maximum absolute atomic E-state index is 6.04. The highest BCUT2D eigenvalue weighted by molar-refractivity contribution is 9.10. The summed E-state index contributed by atoms with van der Waals surface area (Å²) < 4.78 is 2.49. The van der Waals surface area contributed by atoms with Gasteiger partial charge in [0.05, 0.1) is 16.4 Å². The van der Waals surface area contributed by atoms with Gasteiger partial charge < -0.3 is 0 Å². The van der Waals surface area contributed by atoms with Gasteiger partial charge in [-0.25, -0.2) is 4.68 Å². The van der Waals surface area contributed by atoms with E-state index in [4.69, 9.17) is 11.6 Å². The second kappa shape index (κ2) is 3.75. The Bertz CT molecular complexity index is 448. The molecule has 0 fully saturated rings. The molecule has 0 saturated carbocycles. The molecule has 4 heteroatoms. The van der Waals surface area contributed by atoms with E-state index in [0.717, 1.165) is 10.2 Å². The normalized spacial score (nSPS) is 10.5. The van der Waals surface area contributed by atoms with Crippen LogP contribution >= 0.6 is 27.5 Å². The Morgan fingerprint density at radius 3 is 2.43 bits per heavy atom. The molecule has 0 spiro atoms. The first-order chi connectivity index (χ1) is 6.68. The minimum absolute atomic E-state index is 0.592. The molecule has 2 nitrogen and oxygen atoms in total. The van der Waals surface area contributed by atoms with Gasteiger partial charge in [0.1, 0.15) is 5.15 Å². The predicted octanol–water partition coefficient (Wildman–Crippen LogP) is 3.60. The molecule has 72 valence electrons. The van der Waals surface area contributed by atoms with Crippen LogP contribution in [0.5, 0.6) is 0 Å². The molecule has 1 aromatic carbocycles. The molecule has 0 N–H and O–H groups in total. The molecule has 2 aromatic rings. The van der Waals surface area contributed by atoms with Crippen LogP contribution in [0.2, 0.25) is 5.15 Å². The quantitative estimate of drug-likeness (QED) is 0.775. The molecule has 0 bridgehead atoms. The first-order valence-corrected chi connectivity index (χ1v) is 5.31. The van der Waals surface area contributed by atoms with Crippen LogP contribution in [-0.2, 0) is 0 Å². The van der Waals surface area contributed by atoms with Crippen molar-refractivity contribution in [3.05, 3.63) is 45.7 Å². The van der Waals surface area contributed by atoms with Crippen LogP contribution in [0.1, 0.15) is 5.56 Å². The van der Waals surface area contributed by atoms with Crippen molar-refractivity contribution in [1.82, 2.24) is 9.78 Å². The smallest absolute Gasteiger partial charge is 0.147 e. The van der Waals surface area contributed by atoms with Crippen molar-refractivity contribution >= 4 is 27.5 Å². The van der Waals surface area contributed by atoms with E-state index < -0.39 is 0 Å². The number of hydrogen-bond donors (Lipinski definition) is 0. The molecule has 1 heterocycles. The lowest BCUT2D eigenvalue weighted by Crippen LogP contribution is -1.95. The molecule has 0 aliphatic heterocycles. The van der Waals surface area contributed by atoms with Gasteiger partial charge >= 0.3 is 0 Å². The minimum atomic E-state index is 0.592. The van der Waals surface area contributed by atoms with E-state index in [0.29, 0.717) is 5.15 Å². The summed E-state index contributed by atoms with van der Waals surface area (Å²) in [4.78, 5) is 0. The van der Waals surface area contributed by atoms with Crippen molar-refractivity contribution in [2.75, 3.05) is 0 Å². The van der Waals surface area contributed by atoms with Crippen molar-refractivity contribution in [2.45, 2.75) is 6.92 Å². The van der Waals surface area contributed by atoms with Crippen LogP contribution in [0.3, 0.4) is 0 Å². The van der Waals surface area contributed by atoms with Crippen LogP contribution in [-0.4, -0.2) is 9.78 Å². The van der Waals surface area contributed by atoms with E-state index in [9.17, 15) is 0 Å². The van der Waals surface area contributed by atoms with Gasteiger partial charge in [-0.2, -0.15) is 5.10 Å². The minimum Gasteiger partial charge on any atom is -0.221 e. The molecule has 0 saturated heterocycles. The van der Waals surface area contributed by atoms with E-state index in [1.54, 1.807) is 10.9 Å². The Kier molecular flexibility index (Phi) is 2.61. The number of aromatic nitrogens is 2. The highest BCUT2D eigenvalue weighted by Crippen LogP contribution is 2.24. The average Bonchev–Trinajstić information content (AvgIpc) is 2.50. The second-order valence-electron chi connectivity index (χ2n) is 3.03. The highest BCUT2D eigenvalue weighted by Gasteiger charge is 2.06. The fourth-order valence-electron chi connectivity index (χ4n) is 1.18. The number of aryl methyl sites for hydroxylation is 1. The average molecular weight is 272 g/mol. The molecule has 14 heavy (non-hydrogen) atoms. The van der Waals surface area contributed by atoms with E-state index in [1.807, 2.05) is 31.2 Å². The zero-order valence-corrected chi connectivity index (χ0v) is 9.88. The van der Waals surface area contributed by atoms with E-state index in [-0.39, 0.29) is 0 Å². The monoisotopic (exact) mass is 270 g/mol. The van der Waals surface area contributed by atoms with Gasteiger partial charge in [-0.05, 0) is 35.0 Å². The van der Waals surface area contributed by atoms with Gasteiger partial charge in [-0.1, -0.05) is 29.3 Å². The summed E-state index contributed by atoms with van der Waals surface area (Å²) in [6.45, 7) is 2.05. The Labute approximate surface area is 95.6 Å². The zero-order valence-electron chi connectivity index (χ0n) is 7.54. The number of rotatable bonds is 1. The molecule has 0 aliphatic carbocycles. The number of hydrogen-bond acceptors (Lipinski definition) is 1. The maximum Gasteiger partial charge on any atom is 0.147 e. The number of benzene rings is 1. The summed E-state index contributed by atoms with van der Waals surface area (Å²) in [6, 6.07) is 8.03. The molecule has 0 amide bonds. The molecule has 1 aromatic heterocycles. The Hall–Kier alpha value is -0.800. The van der Waals surface area contributed by atoms with Crippen LogP contribution in [0, 0.1) is 6.92 Å². The van der Waals surface area contributed by atoms with Crippen molar-refractivity contribution in [2.24, 2.45) is 0 Å². The van der Waals surface area contributed by atoms with Gasteiger partial charge in [-0.3, -0.25) is 0 Å². The Morgan fingerprint density at radius 1 is 1.29 bits per heavy atom. The first-order valence-electron chi connectivity index (χ1n) is 4.14. The molecular weight excluding hydrogens is 263 g/mol. The van der Waals surface area contributed by atoms with Gasteiger partial charge in [0.2, 0.25) is 0 Å². The van der Waals surface area contributed by atoms with Gasteiger partial charge in [-0.15, -0.1) is 0 Å². The highest BCUT2D eigenvalue weighted by atomic mass is 79.9. The fraction of sp³-hybridized carbons (Fsp3) is 0.100. The summed E-state index contributed by atoms with van der Waals surface area (Å²) in [5, 5.41) is 4.74. The second-order valence-corrected chi connectivity index (χ2v) is 4.24. The topological polar surface area (TPSA) is 17.8 Å². The van der Waals surface area contributed by atoms with Crippen molar-refractivity contribution in [1.29, 1.82) is 0 Å². The lowest BCUT2D eigenvalue weighted by atomic mass is 10.2. The van der Waals surface area contributed by atoms with Gasteiger partial charge in [0.25, 0.3) is 0 Å². The number of nitrogens with zero attached hydrogens (tertiary/aromatic N) is 2. The summed E-state index contributed by atoms with van der Waals surface area (Å²) in [7, 11) is 0. The van der Waals surface area contributed by atoms with Gasteiger partial charge in [0, 0.05) is 0 Å². The largest absolute Gasteiger partial charge is 0.221 e. The Morgan fingerprint density at radius 2 is 1.93 bits per heavy atom. The summed E-state index contributed by atoms with van der Waals surface area (Å²) >= 11 is 9.35. The third-order valence-corrected chi connectivity index (χ3v) is 3.12. The molecular formula is C10H8BrClN2. The summed E-state index contributed by atoms with van der Waals surface area (Å²) in [5.74, 6) is 0. The lowest BCUT2D eigenvalue weighted by molar-refractivity contribution is 0.880. The molecule has 0 radical (unpaired) electrons. The summed E-state index contributed by atoms with van der Waals surface area (Å²) in [5.41, 5.74) is 2.18. The van der Waals surface area contributed by atoms with Gasteiger partial charge in [0.15, 0.2) is 0 Å². The lowest BCUT2D eigenvalue weighted by Gasteiger charge is -2.02. The van der Waals surface area contributed by atoms with Crippen molar-refractivity contribution < 1.29 is 0 Å². The van der Waals surface area contributed by atoms with Crippen LogP contribution in [0.25, 0.3) is 5.69 Å². The van der Waals surface area contributed by atoms with Crippen LogP contribution < -0.4 is 0 Å². The summed E-state index contributed by atoms with van der Waals surface area (Å²) in [6.07, 6.45) is 1.68. The fourth-order valence-corrected chi connectivity index (χ4v) is 1.63. The molecule has 2 rings (SSSR count). The van der Waals surface area contributed by atoms with E-state index >= 15 is 0 Å². The van der Waals surface area contributed by atoms with Crippen molar-refractivity contribution in [3.63, 3.8) is 0 Å². The van der Waals surface area contributed by atoms with Crippen LogP contribution in [0.15, 0.2) is 34.9 Å². The first kappa shape index (κ1) is 9.74. The molecule has 0 unspecified atom stereocenters. The Balaban J connectivity index is 2.49. The zero-order chi connectivity index (χ0) is 10.1. The van der Waals surface area contributed by atoms with Crippen molar-refractivity contribution in [3.8, 4) is 5.69 Å². The molecule has 0 aliphatic rings. The molecule has 0 atom stereocenters. The van der Waals surface area contributed by atoms with E-state index in [1.165, 1.54) is 5.56 Å². The predicted molar refractivity (Wildman–Crippen MR) is 61.0 cm³/mol. The number of halogens is 2. The van der Waals surface area contributed by atoms with Crippen LogP contribution in [0.4, 0.5) is 0 Å². The third-order valence-electron chi connectivity index (χ3n) is 1.95. The van der Waals surface area contributed by atoms with E-state index in [2.05, 4.69) is 21.0 Å².